The van der Waals surface area contributed by atoms with Crippen molar-refractivity contribution in [1.29, 1.82) is 0 Å². The molecule has 0 aliphatic carbocycles. The second-order valence-electron chi connectivity index (χ2n) is 6.34. The Labute approximate surface area is 147 Å². The first-order chi connectivity index (χ1) is 12.0. The number of nitrogens with zero attached hydrogens (tertiary/aromatic N) is 1. The van der Waals surface area contributed by atoms with Gasteiger partial charge in [0.25, 0.3) is 0 Å². The summed E-state index contributed by atoms with van der Waals surface area (Å²) in [5.74, 6) is 1.84. The lowest BCUT2D eigenvalue weighted by molar-refractivity contribution is -0.160. The predicted octanol–water partition coefficient (Wildman–Crippen LogP) is 3.09. The van der Waals surface area contributed by atoms with E-state index in [9.17, 15) is 9.90 Å². The number of likely N-dealkylation sites (tertiary alicyclic amines) is 1. The number of carboxylic acids is 1. The van der Waals surface area contributed by atoms with Gasteiger partial charge in [-0.25, -0.2) is 4.79 Å². The molecule has 6 nitrogen and oxygen atoms in total. The summed E-state index contributed by atoms with van der Waals surface area (Å²) >= 11 is 0. The molecule has 1 aromatic heterocycles. The molecule has 0 bridgehead atoms. The molecular weight excluding hydrogens is 322 g/mol. The molecule has 134 valence electrons. The number of aryl methyl sites for hydroxylation is 1. The second-order valence-corrected chi connectivity index (χ2v) is 6.34. The lowest BCUT2D eigenvalue weighted by Gasteiger charge is -2.38. The maximum atomic E-state index is 11.9. The summed E-state index contributed by atoms with van der Waals surface area (Å²) in [5, 5.41) is 9.79. The van der Waals surface area contributed by atoms with Crippen molar-refractivity contribution in [1.82, 2.24) is 4.90 Å². The first-order valence-electron chi connectivity index (χ1n) is 8.35. The van der Waals surface area contributed by atoms with E-state index in [1.807, 2.05) is 31.2 Å². The summed E-state index contributed by atoms with van der Waals surface area (Å²) in [6, 6.07) is 11.0. The zero-order chi connectivity index (χ0) is 17.9. The van der Waals surface area contributed by atoms with E-state index >= 15 is 0 Å². The number of hydrogen-bond acceptors (Lipinski definition) is 5. The largest absolute Gasteiger partial charge is 0.493 e. The molecule has 1 aliphatic heterocycles. The fourth-order valence-electron chi connectivity index (χ4n) is 3.14. The molecule has 0 radical (unpaired) electrons. The van der Waals surface area contributed by atoms with Gasteiger partial charge in [0.2, 0.25) is 5.60 Å². The van der Waals surface area contributed by atoms with Gasteiger partial charge in [-0.05, 0) is 31.2 Å². The fourth-order valence-corrected chi connectivity index (χ4v) is 3.14. The molecule has 2 aromatic rings. The molecule has 1 N–H and O–H groups in total. The van der Waals surface area contributed by atoms with Crippen LogP contribution in [-0.4, -0.2) is 41.8 Å². The van der Waals surface area contributed by atoms with Gasteiger partial charge in [-0.1, -0.05) is 12.1 Å². The Hall–Kier alpha value is -2.47. The molecule has 2 heterocycles. The minimum Gasteiger partial charge on any atom is -0.493 e. The zero-order valence-corrected chi connectivity index (χ0v) is 14.5. The van der Waals surface area contributed by atoms with Gasteiger partial charge in [-0.2, -0.15) is 0 Å². The van der Waals surface area contributed by atoms with Crippen LogP contribution in [0.2, 0.25) is 0 Å². The van der Waals surface area contributed by atoms with Crippen LogP contribution in [0.1, 0.15) is 24.4 Å². The monoisotopic (exact) mass is 345 g/mol. The third-order valence-electron chi connectivity index (χ3n) is 4.60. The third-order valence-corrected chi connectivity index (χ3v) is 4.60. The lowest BCUT2D eigenvalue weighted by atomic mass is 9.91. The molecule has 0 saturated carbocycles. The Balaban J connectivity index is 1.69. The second kappa shape index (κ2) is 7.19. The highest BCUT2D eigenvalue weighted by Gasteiger charge is 2.44. The molecule has 1 aromatic carbocycles. The predicted molar refractivity (Wildman–Crippen MR) is 91.9 cm³/mol. The number of para-hydroxylation sites is 2. The fraction of sp³-hybridized carbons (Fsp3) is 0.421. The molecule has 1 saturated heterocycles. The van der Waals surface area contributed by atoms with E-state index in [4.69, 9.17) is 13.9 Å². The molecule has 1 aliphatic rings. The standard InChI is InChI=1S/C19H23NO5/c1-14-7-8-15(24-14)13-20-11-9-19(10-12-20,18(21)22)25-17-6-4-3-5-16(17)23-2/h3-8H,9-13H2,1-2H3,(H,21,22). The Morgan fingerprint density at radius 1 is 1.20 bits per heavy atom. The van der Waals surface area contributed by atoms with Crippen LogP contribution in [0, 0.1) is 6.92 Å². The van der Waals surface area contributed by atoms with Gasteiger partial charge in [-0.3, -0.25) is 4.90 Å². The zero-order valence-electron chi connectivity index (χ0n) is 14.5. The van der Waals surface area contributed by atoms with Crippen LogP contribution in [-0.2, 0) is 11.3 Å². The van der Waals surface area contributed by atoms with Crippen molar-refractivity contribution >= 4 is 5.97 Å². The van der Waals surface area contributed by atoms with Crippen LogP contribution in [0.15, 0.2) is 40.8 Å². The summed E-state index contributed by atoms with van der Waals surface area (Å²) in [6.45, 7) is 3.84. The topological polar surface area (TPSA) is 72.1 Å². The summed E-state index contributed by atoms with van der Waals surface area (Å²) in [5.41, 5.74) is -1.23. The van der Waals surface area contributed by atoms with E-state index < -0.39 is 11.6 Å². The molecule has 0 amide bonds. The number of hydrogen-bond donors (Lipinski definition) is 1. The van der Waals surface area contributed by atoms with Crippen molar-refractivity contribution in [2.45, 2.75) is 31.9 Å². The Kier molecular flexibility index (Phi) is 4.99. The van der Waals surface area contributed by atoms with Crippen LogP contribution in [0.4, 0.5) is 0 Å². The number of methoxy groups -OCH3 is 1. The summed E-state index contributed by atoms with van der Waals surface area (Å²) in [7, 11) is 1.55. The van der Waals surface area contributed by atoms with Gasteiger partial charge in [0.15, 0.2) is 11.5 Å². The third kappa shape index (κ3) is 3.79. The van der Waals surface area contributed by atoms with Crippen molar-refractivity contribution in [3.63, 3.8) is 0 Å². The van der Waals surface area contributed by atoms with Crippen molar-refractivity contribution in [2.24, 2.45) is 0 Å². The molecule has 1 fully saturated rings. The smallest absolute Gasteiger partial charge is 0.348 e. The van der Waals surface area contributed by atoms with E-state index in [0.29, 0.717) is 44.0 Å². The highest BCUT2D eigenvalue weighted by atomic mass is 16.5. The Morgan fingerprint density at radius 3 is 2.44 bits per heavy atom. The number of ether oxygens (including phenoxy) is 2. The number of piperidine rings is 1. The first-order valence-corrected chi connectivity index (χ1v) is 8.35. The molecule has 25 heavy (non-hydrogen) atoms. The van der Waals surface area contributed by atoms with E-state index in [2.05, 4.69) is 4.90 Å². The lowest BCUT2D eigenvalue weighted by Crippen LogP contribution is -2.53. The van der Waals surface area contributed by atoms with Gasteiger partial charge in [0, 0.05) is 25.9 Å². The van der Waals surface area contributed by atoms with Crippen LogP contribution in [0.25, 0.3) is 0 Å². The van der Waals surface area contributed by atoms with Crippen LogP contribution in [0.5, 0.6) is 11.5 Å². The van der Waals surface area contributed by atoms with Gasteiger partial charge in [0.05, 0.1) is 13.7 Å². The molecular formula is C19H23NO5. The van der Waals surface area contributed by atoms with Crippen LogP contribution >= 0.6 is 0 Å². The summed E-state index contributed by atoms with van der Waals surface area (Å²) in [6.07, 6.45) is 0.806. The van der Waals surface area contributed by atoms with E-state index in [0.717, 1.165) is 11.5 Å². The normalized spacial score (nSPS) is 17.2. The molecule has 0 spiro atoms. The van der Waals surface area contributed by atoms with Crippen molar-refractivity contribution in [3.8, 4) is 11.5 Å². The van der Waals surface area contributed by atoms with Crippen molar-refractivity contribution in [2.75, 3.05) is 20.2 Å². The number of benzene rings is 1. The number of furan rings is 1. The molecule has 3 rings (SSSR count). The van der Waals surface area contributed by atoms with Gasteiger partial charge in [0.1, 0.15) is 11.5 Å². The first kappa shape index (κ1) is 17.4. The average Bonchev–Trinajstić information content (AvgIpc) is 3.02. The highest BCUT2D eigenvalue weighted by Crippen LogP contribution is 2.35. The van der Waals surface area contributed by atoms with Gasteiger partial charge < -0.3 is 19.0 Å². The van der Waals surface area contributed by atoms with Crippen molar-refractivity contribution < 1.29 is 23.8 Å². The van der Waals surface area contributed by atoms with E-state index in [1.165, 1.54) is 0 Å². The molecule has 6 heteroatoms. The number of carbonyl (C=O) groups is 1. The summed E-state index contributed by atoms with van der Waals surface area (Å²) in [4.78, 5) is 14.1. The number of carboxylic acid groups (broad SMARTS) is 1. The average molecular weight is 345 g/mol. The minimum absolute atomic E-state index is 0.403. The van der Waals surface area contributed by atoms with E-state index in [-0.39, 0.29) is 0 Å². The highest BCUT2D eigenvalue weighted by molar-refractivity contribution is 5.78. The van der Waals surface area contributed by atoms with Crippen LogP contribution in [0.3, 0.4) is 0 Å². The van der Waals surface area contributed by atoms with Gasteiger partial charge in [-0.15, -0.1) is 0 Å². The van der Waals surface area contributed by atoms with E-state index in [1.54, 1.807) is 19.2 Å². The Bertz CT molecular complexity index is 731. The summed E-state index contributed by atoms with van der Waals surface area (Å²) < 4.78 is 16.8. The van der Waals surface area contributed by atoms with Crippen LogP contribution < -0.4 is 9.47 Å². The molecule has 0 atom stereocenters. The number of aliphatic carboxylic acids is 1. The molecule has 0 unspecified atom stereocenters. The van der Waals surface area contributed by atoms with Gasteiger partial charge >= 0.3 is 5.97 Å². The SMILES string of the molecule is COc1ccccc1OC1(C(=O)O)CCN(Cc2ccc(C)o2)CC1. The van der Waals surface area contributed by atoms with Crippen molar-refractivity contribution in [3.05, 3.63) is 47.9 Å². The maximum Gasteiger partial charge on any atom is 0.348 e. The quantitative estimate of drug-likeness (QED) is 0.867. The number of rotatable bonds is 6. The minimum atomic E-state index is -1.23. The Morgan fingerprint density at radius 2 is 1.88 bits per heavy atom. The maximum absolute atomic E-state index is 11.9.